The molecule has 1 aliphatic heterocycles. The number of hydrogen-bond acceptors (Lipinski definition) is 2. The maximum atomic E-state index is 5.54. The van der Waals surface area contributed by atoms with Gasteiger partial charge in [-0.15, -0.1) is 0 Å². The van der Waals surface area contributed by atoms with Gasteiger partial charge in [0.05, 0.1) is 0 Å². The van der Waals surface area contributed by atoms with Gasteiger partial charge in [-0.25, -0.2) is 0 Å². The van der Waals surface area contributed by atoms with Crippen LogP contribution in [-0.2, 0) is 6.42 Å². The highest BCUT2D eigenvalue weighted by Crippen LogP contribution is 2.18. The second-order valence-corrected chi connectivity index (χ2v) is 3.98. The van der Waals surface area contributed by atoms with E-state index in [1.54, 1.807) is 0 Å². The molecule has 0 spiro atoms. The van der Waals surface area contributed by atoms with Crippen molar-refractivity contribution in [2.75, 3.05) is 24.5 Å². The zero-order chi connectivity index (χ0) is 10.7. The van der Waals surface area contributed by atoms with E-state index in [-0.39, 0.29) is 0 Å². The fraction of sp³-hybridized carbons (Fsp3) is 0.364. The average Bonchev–Trinajstić information content (AvgIpc) is 2.65. The molecule has 1 saturated heterocycles. The summed E-state index contributed by atoms with van der Waals surface area (Å²) in [6.45, 7) is 2.57. The quantitative estimate of drug-likeness (QED) is 0.744. The lowest BCUT2D eigenvalue weighted by atomic mass is 10.1. The molecule has 3 nitrogen and oxygen atoms in total. The molecule has 4 heteroatoms. The molecule has 0 amide bonds. The summed E-state index contributed by atoms with van der Waals surface area (Å²) in [5.41, 5.74) is 7.97. The van der Waals surface area contributed by atoms with E-state index in [9.17, 15) is 0 Å². The Morgan fingerprint density at radius 1 is 1.47 bits per heavy atom. The minimum atomic E-state index is 0.687. The van der Waals surface area contributed by atoms with E-state index < -0.39 is 0 Å². The van der Waals surface area contributed by atoms with Crippen molar-refractivity contribution in [1.29, 1.82) is 0 Å². The molecule has 1 heterocycles. The zero-order valence-electron chi connectivity index (χ0n) is 8.57. The number of thiocarbonyl (C=S) groups is 1. The lowest BCUT2D eigenvalue weighted by Gasteiger charge is -2.17. The minimum Gasteiger partial charge on any atom is -0.360 e. The van der Waals surface area contributed by atoms with Gasteiger partial charge in [0, 0.05) is 18.8 Å². The first-order valence-corrected chi connectivity index (χ1v) is 5.56. The van der Waals surface area contributed by atoms with Crippen LogP contribution in [0.25, 0.3) is 0 Å². The Morgan fingerprint density at radius 2 is 2.33 bits per heavy atom. The van der Waals surface area contributed by atoms with Gasteiger partial charge >= 0.3 is 0 Å². The van der Waals surface area contributed by atoms with Gasteiger partial charge < -0.3 is 16.0 Å². The van der Waals surface area contributed by atoms with E-state index in [0.717, 1.165) is 30.3 Å². The lowest BCUT2D eigenvalue weighted by Crippen LogP contribution is -2.27. The van der Waals surface area contributed by atoms with Crippen molar-refractivity contribution in [2.45, 2.75) is 6.42 Å². The fourth-order valence-electron chi connectivity index (χ4n) is 1.76. The first-order valence-electron chi connectivity index (χ1n) is 5.15. The topological polar surface area (TPSA) is 41.3 Å². The summed E-state index contributed by atoms with van der Waals surface area (Å²) in [5, 5.41) is 3.97. The molecule has 0 aromatic heterocycles. The summed E-state index contributed by atoms with van der Waals surface area (Å²) in [4.78, 5) is 2.12. The van der Waals surface area contributed by atoms with Gasteiger partial charge in [-0.2, -0.15) is 0 Å². The van der Waals surface area contributed by atoms with E-state index in [4.69, 9.17) is 18.0 Å². The smallest absolute Gasteiger partial charge is 0.173 e. The Balaban J connectivity index is 2.20. The molecule has 2 rings (SSSR count). The molecule has 3 N–H and O–H groups in total. The van der Waals surface area contributed by atoms with Crippen LogP contribution in [0.4, 0.5) is 5.69 Å². The van der Waals surface area contributed by atoms with Crippen LogP contribution < -0.4 is 16.0 Å². The first kappa shape index (κ1) is 10.4. The van der Waals surface area contributed by atoms with Crippen molar-refractivity contribution < 1.29 is 0 Å². The summed E-state index contributed by atoms with van der Waals surface area (Å²) in [6.07, 6.45) is 0.919. The molecule has 1 fully saturated rings. The number of nitrogens with zero attached hydrogens (tertiary/aromatic N) is 1. The molecule has 80 valence electrons. The van der Waals surface area contributed by atoms with E-state index in [1.807, 2.05) is 0 Å². The van der Waals surface area contributed by atoms with Crippen LogP contribution >= 0.6 is 12.2 Å². The normalized spacial score (nSPS) is 15.5. The molecule has 0 saturated carbocycles. The molecule has 0 unspecified atom stereocenters. The summed E-state index contributed by atoms with van der Waals surface area (Å²) in [7, 11) is 0. The van der Waals surface area contributed by atoms with Gasteiger partial charge in [0.2, 0.25) is 0 Å². The van der Waals surface area contributed by atoms with E-state index in [2.05, 4.69) is 34.5 Å². The number of hydrogen-bond donors (Lipinski definition) is 2. The Hall–Kier alpha value is -1.13. The van der Waals surface area contributed by atoms with Crippen LogP contribution in [0.2, 0.25) is 0 Å². The third-order valence-electron chi connectivity index (χ3n) is 2.51. The monoisotopic (exact) mass is 221 g/mol. The minimum absolute atomic E-state index is 0.687. The standard InChI is InChI=1S/C11H15N3S/c12-5-4-9-2-1-3-10(8-9)14-7-6-13-11(14)15/h1-3,8H,4-7,12H2,(H,13,15). The Labute approximate surface area is 95.3 Å². The molecular weight excluding hydrogens is 206 g/mol. The van der Waals surface area contributed by atoms with Crippen molar-refractivity contribution in [3.8, 4) is 0 Å². The van der Waals surface area contributed by atoms with Crippen molar-refractivity contribution in [1.82, 2.24) is 5.32 Å². The first-order chi connectivity index (χ1) is 7.31. The number of nitrogens with one attached hydrogen (secondary N) is 1. The number of rotatable bonds is 3. The van der Waals surface area contributed by atoms with Crippen LogP contribution in [-0.4, -0.2) is 24.7 Å². The second kappa shape index (κ2) is 4.59. The van der Waals surface area contributed by atoms with Crippen LogP contribution in [0.1, 0.15) is 5.56 Å². The van der Waals surface area contributed by atoms with Crippen LogP contribution in [0, 0.1) is 0 Å². The molecule has 1 aromatic rings. The van der Waals surface area contributed by atoms with Gasteiger partial charge in [0.25, 0.3) is 0 Å². The average molecular weight is 221 g/mol. The van der Waals surface area contributed by atoms with Crippen molar-refractivity contribution in [3.05, 3.63) is 29.8 Å². The summed E-state index contributed by atoms with van der Waals surface area (Å²) in [6, 6.07) is 8.40. The van der Waals surface area contributed by atoms with E-state index >= 15 is 0 Å². The highest BCUT2D eigenvalue weighted by molar-refractivity contribution is 7.80. The molecule has 0 bridgehead atoms. The van der Waals surface area contributed by atoms with Gasteiger partial charge in [-0.05, 0) is 42.9 Å². The van der Waals surface area contributed by atoms with E-state index in [0.29, 0.717) is 6.54 Å². The molecule has 0 radical (unpaired) electrons. The van der Waals surface area contributed by atoms with Crippen LogP contribution in [0.15, 0.2) is 24.3 Å². The molecule has 15 heavy (non-hydrogen) atoms. The van der Waals surface area contributed by atoms with Crippen molar-refractivity contribution >= 4 is 23.0 Å². The molecule has 0 aliphatic carbocycles. The molecule has 1 aliphatic rings. The maximum Gasteiger partial charge on any atom is 0.173 e. The van der Waals surface area contributed by atoms with Crippen LogP contribution in [0.5, 0.6) is 0 Å². The molecular formula is C11H15N3S. The Bertz CT molecular complexity index is 365. The summed E-state index contributed by atoms with van der Waals surface area (Å²) < 4.78 is 0. The van der Waals surface area contributed by atoms with Gasteiger partial charge in [0.15, 0.2) is 5.11 Å². The lowest BCUT2D eigenvalue weighted by molar-refractivity contribution is 0.959. The largest absolute Gasteiger partial charge is 0.360 e. The SMILES string of the molecule is NCCc1cccc(N2CCNC2=S)c1. The van der Waals surface area contributed by atoms with Gasteiger partial charge in [-0.3, -0.25) is 0 Å². The summed E-state index contributed by atoms with van der Waals surface area (Å²) >= 11 is 5.22. The Kier molecular flexibility index (Phi) is 3.18. The predicted octanol–water partition coefficient (Wildman–Crippen LogP) is 0.882. The predicted molar refractivity (Wildman–Crippen MR) is 67.1 cm³/mol. The van der Waals surface area contributed by atoms with E-state index in [1.165, 1.54) is 5.56 Å². The zero-order valence-corrected chi connectivity index (χ0v) is 9.39. The number of nitrogens with two attached hydrogens (primary N) is 1. The third-order valence-corrected chi connectivity index (χ3v) is 2.88. The highest BCUT2D eigenvalue weighted by atomic mass is 32.1. The second-order valence-electron chi connectivity index (χ2n) is 3.59. The third kappa shape index (κ3) is 2.27. The van der Waals surface area contributed by atoms with Gasteiger partial charge in [-0.1, -0.05) is 12.1 Å². The molecule has 1 aromatic carbocycles. The van der Waals surface area contributed by atoms with Crippen LogP contribution in [0.3, 0.4) is 0 Å². The summed E-state index contributed by atoms with van der Waals surface area (Å²) in [5.74, 6) is 0. The number of anilines is 1. The van der Waals surface area contributed by atoms with Gasteiger partial charge in [0.1, 0.15) is 0 Å². The Morgan fingerprint density at radius 3 is 3.00 bits per heavy atom. The fourth-order valence-corrected chi connectivity index (χ4v) is 2.06. The van der Waals surface area contributed by atoms with Crippen molar-refractivity contribution in [2.24, 2.45) is 5.73 Å². The van der Waals surface area contributed by atoms with Crippen molar-refractivity contribution in [3.63, 3.8) is 0 Å². The molecule has 0 atom stereocenters. The highest BCUT2D eigenvalue weighted by Gasteiger charge is 2.17. The maximum absolute atomic E-state index is 5.54. The number of benzene rings is 1.